The van der Waals surface area contributed by atoms with Crippen LogP contribution in [0.15, 0.2) is 52.4 Å². The highest BCUT2D eigenvalue weighted by Crippen LogP contribution is 2.30. The maximum absolute atomic E-state index is 12.7. The second-order valence-electron chi connectivity index (χ2n) is 8.60. The summed E-state index contributed by atoms with van der Waals surface area (Å²) in [5, 5.41) is 0.704. The van der Waals surface area contributed by atoms with Crippen molar-refractivity contribution in [3.8, 4) is 0 Å². The van der Waals surface area contributed by atoms with Crippen LogP contribution in [0.4, 0.5) is 5.69 Å². The smallest absolute Gasteiger partial charge is 0.261 e. The van der Waals surface area contributed by atoms with E-state index in [0.29, 0.717) is 11.3 Å². The summed E-state index contributed by atoms with van der Waals surface area (Å²) in [6.07, 6.45) is 6.06. The zero-order chi connectivity index (χ0) is 20.7. The Labute approximate surface area is 175 Å². The molecule has 1 saturated carbocycles. The molecule has 2 aromatic heterocycles. The highest BCUT2D eigenvalue weighted by atomic mass is 16.1. The van der Waals surface area contributed by atoms with Gasteiger partial charge in [-0.05, 0) is 42.5 Å². The summed E-state index contributed by atoms with van der Waals surface area (Å²) in [6, 6.07) is 9.57. The summed E-state index contributed by atoms with van der Waals surface area (Å²) in [5.41, 5.74) is 3.14. The Morgan fingerprint density at radius 2 is 1.83 bits per heavy atom. The average Bonchev–Trinajstić information content (AvgIpc) is 3.57. The number of anilines is 1. The minimum atomic E-state index is 0.0211. The molecule has 1 saturated heterocycles. The van der Waals surface area contributed by atoms with E-state index in [0.717, 1.165) is 56.0 Å². The number of benzene rings is 1. The number of nitrogens with zero attached hydrogens (tertiary/aromatic N) is 5. The van der Waals surface area contributed by atoms with E-state index < -0.39 is 0 Å². The van der Waals surface area contributed by atoms with Gasteiger partial charge in [0.05, 0.1) is 17.2 Å². The molecule has 3 heterocycles. The van der Waals surface area contributed by atoms with Gasteiger partial charge in [-0.1, -0.05) is 6.07 Å². The number of rotatable bonds is 5. The molecule has 5 rings (SSSR count). The van der Waals surface area contributed by atoms with E-state index in [-0.39, 0.29) is 11.1 Å². The largest absolute Gasteiger partial charge is 0.369 e. The Kier molecular flexibility index (Phi) is 4.90. The third kappa shape index (κ3) is 3.89. The molecular formula is C23H27N5O2. The molecule has 2 fully saturated rings. The van der Waals surface area contributed by atoms with Crippen molar-refractivity contribution in [2.45, 2.75) is 25.9 Å². The molecule has 0 bridgehead atoms. The highest BCUT2D eigenvalue weighted by Gasteiger charge is 2.23. The van der Waals surface area contributed by atoms with Gasteiger partial charge in [0.1, 0.15) is 0 Å². The van der Waals surface area contributed by atoms with Crippen LogP contribution in [0.3, 0.4) is 0 Å². The van der Waals surface area contributed by atoms with Crippen LogP contribution in [0, 0.1) is 5.92 Å². The lowest BCUT2D eigenvalue weighted by Gasteiger charge is -2.36. The van der Waals surface area contributed by atoms with E-state index in [4.69, 9.17) is 0 Å². The molecule has 0 N–H and O–H groups in total. The van der Waals surface area contributed by atoms with Crippen LogP contribution in [0.25, 0.3) is 10.9 Å². The molecule has 3 aromatic rings. The predicted octanol–water partition coefficient (Wildman–Crippen LogP) is 1.83. The standard InChI is InChI=1S/C23H27N5O2/c1-25-13-18(4-7-22(25)29)14-26-8-10-27(11-9-26)19-5-6-20-21(12-19)24-16-28(23(20)30)15-17-2-3-17/h4-7,12-13,16-17H,2-3,8-11,14-15H2,1H3. The number of hydrogen-bond acceptors (Lipinski definition) is 5. The normalized spacial score (nSPS) is 17.6. The fourth-order valence-corrected chi connectivity index (χ4v) is 4.22. The van der Waals surface area contributed by atoms with Crippen LogP contribution in [0.1, 0.15) is 18.4 Å². The second kappa shape index (κ2) is 7.72. The van der Waals surface area contributed by atoms with Gasteiger partial charge in [-0.3, -0.25) is 19.1 Å². The van der Waals surface area contributed by atoms with Crippen LogP contribution in [0.2, 0.25) is 0 Å². The number of pyridine rings is 1. The minimum absolute atomic E-state index is 0.0211. The van der Waals surface area contributed by atoms with Crippen molar-refractivity contribution in [2.75, 3.05) is 31.1 Å². The van der Waals surface area contributed by atoms with E-state index in [1.54, 1.807) is 28.6 Å². The Morgan fingerprint density at radius 3 is 2.57 bits per heavy atom. The van der Waals surface area contributed by atoms with Crippen LogP contribution in [-0.2, 0) is 20.1 Å². The molecule has 0 atom stereocenters. The third-order valence-corrected chi connectivity index (χ3v) is 6.25. The molecular weight excluding hydrogens is 378 g/mol. The molecule has 1 aliphatic carbocycles. The van der Waals surface area contributed by atoms with Gasteiger partial charge in [0.25, 0.3) is 5.56 Å². The Bertz CT molecular complexity index is 1190. The molecule has 0 radical (unpaired) electrons. The Hall–Kier alpha value is -2.93. The first-order valence-electron chi connectivity index (χ1n) is 10.7. The molecule has 156 valence electrons. The first kappa shape index (κ1) is 19.1. The number of hydrogen-bond donors (Lipinski definition) is 0. The quantitative estimate of drug-likeness (QED) is 0.648. The van der Waals surface area contributed by atoms with Crippen molar-refractivity contribution in [3.05, 3.63) is 69.1 Å². The lowest BCUT2D eigenvalue weighted by molar-refractivity contribution is 0.249. The van der Waals surface area contributed by atoms with E-state index in [2.05, 4.69) is 20.9 Å². The van der Waals surface area contributed by atoms with Crippen molar-refractivity contribution >= 4 is 16.6 Å². The summed E-state index contributed by atoms with van der Waals surface area (Å²) in [5.74, 6) is 0.651. The Balaban J connectivity index is 1.26. The SMILES string of the molecule is Cn1cc(CN2CCN(c3ccc4c(=O)n(CC5CC5)cnc4c3)CC2)ccc1=O. The minimum Gasteiger partial charge on any atom is -0.369 e. The number of fused-ring (bicyclic) bond motifs is 1. The highest BCUT2D eigenvalue weighted by molar-refractivity contribution is 5.81. The van der Waals surface area contributed by atoms with E-state index in [9.17, 15) is 9.59 Å². The number of aryl methyl sites for hydroxylation is 1. The van der Waals surface area contributed by atoms with E-state index in [1.807, 2.05) is 24.4 Å². The van der Waals surface area contributed by atoms with Crippen LogP contribution >= 0.6 is 0 Å². The van der Waals surface area contributed by atoms with Gasteiger partial charge in [-0.15, -0.1) is 0 Å². The molecule has 7 nitrogen and oxygen atoms in total. The van der Waals surface area contributed by atoms with Crippen molar-refractivity contribution in [2.24, 2.45) is 13.0 Å². The van der Waals surface area contributed by atoms with E-state index in [1.165, 1.54) is 12.8 Å². The van der Waals surface area contributed by atoms with E-state index >= 15 is 0 Å². The zero-order valence-corrected chi connectivity index (χ0v) is 17.3. The first-order valence-corrected chi connectivity index (χ1v) is 10.7. The molecule has 2 aliphatic rings. The second-order valence-corrected chi connectivity index (χ2v) is 8.60. The van der Waals surface area contributed by atoms with Gasteiger partial charge in [-0.25, -0.2) is 4.98 Å². The van der Waals surface area contributed by atoms with Gasteiger partial charge in [0.2, 0.25) is 5.56 Å². The number of piperazine rings is 1. The van der Waals surface area contributed by atoms with Gasteiger partial charge in [0.15, 0.2) is 0 Å². The summed E-state index contributed by atoms with van der Waals surface area (Å²) in [6.45, 7) is 5.41. The van der Waals surface area contributed by atoms with Gasteiger partial charge >= 0.3 is 0 Å². The molecule has 30 heavy (non-hydrogen) atoms. The third-order valence-electron chi connectivity index (χ3n) is 6.25. The average molecular weight is 406 g/mol. The van der Waals surface area contributed by atoms with Crippen LogP contribution in [-0.4, -0.2) is 45.2 Å². The van der Waals surface area contributed by atoms with Gasteiger partial charge < -0.3 is 9.47 Å². The Morgan fingerprint density at radius 1 is 1.03 bits per heavy atom. The van der Waals surface area contributed by atoms with Gasteiger partial charge in [0, 0.05) is 64.3 Å². The van der Waals surface area contributed by atoms with Crippen molar-refractivity contribution in [1.82, 2.24) is 19.0 Å². The van der Waals surface area contributed by atoms with Crippen LogP contribution in [0.5, 0.6) is 0 Å². The number of aromatic nitrogens is 3. The molecule has 0 amide bonds. The van der Waals surface area contributed by atoms with Crippen LogP contribution < -0.4 is 16.0 Å². The zero-order valence-electron chi connectivity index (χ0n) is 17.3. The van der Waals surface area contributed by atoms with Crippen molar-refractivity contribution < 1.29 is 0 Å². The molecule has 1 aromatic carbocycles. The fourth-order valence-electron chi connectivity index (χ4n) is 4.22. The summed E-state index contributed by atoms with van der Waals surface area (Å²) in [4.78, 5) is 33.6. The van der Waals surface area contributed by atoms with Gasteiger partial charge in [-0.2, -0.15) is 0 Å². The lowest BCUT2D eigenvalue weighted by atomic mass is 10.1. The maximum atomic E-state index is 12.7. The molecule has 1 aliphatic heterocycles. The summed E-state index contributed by atoms with van der Waals surface area (Å²) < 4.78 is 3.39. The summed E-state index contributed by atoms with van der Waals surface area (Å²) in [7, 11) is 1.79. The molecule has 7 heteroatoms. The maximum Gasteiger partial charge on any atom is 0.261 e. The molecule has 0 spiro atoms. The van der Waals surface area contributed by atoms with Crippen molar-refractivity contribution in [3.63, 3.8) is 0 Å². The first-order chi connectivity index (χ1) is 14.6. The van der Waals surface area contributed by atoms with Crippen molar-refractivity contribution in [1.29, 1.82) is 0 Å². The summed E-state index contributed by atoms with van der Waals surface area (Å²) >= 11 is 0. The monoisotopic (exact) mass is 405 g/mol. The lowest BCUT2D eigenvalue weighted by Crippen LogP contribution is -2.46. The topological polar surface area (TPSA) is 63.4 Å². The predicted molar refractivity (Wildman–Crippen MR) is 118 cm³/mol. The molecule has 0 unspecified atom stereocenters. The fraction of sp³-hybridized carbons (Fsp3) is 0.435.